The van der Waals surface area contributed by atoms with E-state index in [9.17, 15) is 10.0 Å². The Morgan fingerprint density at radius 3 is 2.75 bits per heavy atom. The lowest BCUT2D eigenvalue weighted by Crippen LogP contribution is -2.16. The van der Waals surface area contributed by atoms with Crippen LogP contribution in [0.2, 0.25) is 0 Å². The standard InChI is InChI=1S/C15H10BrNO3/c1-20-11-4-2-3-9(7-11)14-15(18)12-6-5-10(16)8-13(12)17(14)19/h2-8H,1H3. The van der Waals surface area contributed by atoms with Crippen molar-refractivity contribution >= 4 is 33.1 Å². The van der Waals surface area contributed by atoms with Crippen molar-refractivity contribution in [2.24, 2.45) is 0 Å². The minimum atomic E-state index is -0.268. The highest BCUT2D eigenvalue weighted by atomic mass is 79.9. The van der Waals surface area contributed by atoms with Gasteiger partial charge >= 0.3 is 0 Å². The van der Waals surface area contributed by atoms with E-state index in [1.54, 1.807) is 49.6 Å². The number of carbonyl (C=O) groups excluding carboxylic acids is 1. The summed E-state index contributed by atoms with van der Waals surface area (Å²) in [4.78, 5) is 12.4. The molecule has 1 aliphatic heterocycles. The first-order chi connectivity index (χ1) is 9.61. The minimum Gasteiger partial charge on any atom is -0.618 e. The van der Waals surface area contributed by atoms with Crippen LogP contribution < -0.4 is 4.74 Å². The zero-order chi connectivity index (χ0) is 14.3. The summed E-state index contributed by atoms with van der Waals surface area (Å²) in [7, 11) is 1.54. The summed E-state index contributed by atoms with van der Waals surface area (Å²) in [5.41, 5.74) is 1.46. The second-order valence-corrected chi connectivity index (χ2v) is 5.28. The normalized spacial score (nSPS) is 13.6. The molecule has 0 spiro atoms. The minimum absolute atomic E-state index is 0.122. The first kappa shape index (κ1) is 12.9. The third-order valence-corrected chi connectivity index (χ3v) is 3.68. The third kappa shape index (κ3) is 1.91. The Labute approximate surface area is 124 Å². The van der Waals surface area contributed by atoms with Gasteiger partial charge in [-0.2, -0.15) is 4.74 Å². The van der Waals surface area contributed by atoms with Crippen molar-refractivity contribution in [1.82, 2.24) is 0 Å². The van der Waals surface area contributed by atoms with Crippen LogP contribution in [-0.4, -0.2) is 23.3 Å². The van der Waals surface area contributed by atoms with Gasteiger partial charge in [0.25, 0.3) is 11.5 Å². The molecule has 4 nitrogen and oxygen atoms in total. The van der Waals surface area contributed by atoms with E-state index in [1.165, 1.54) is 0 Å². The Balaban J connectivity index is 2.17. The number of carbonyl (C=O) groups is 1. The predicted octanol–water partition coefficient (Wildman–Crippen LogP) is 3.29. The second kappa shape index (κ2) is 4.76. The van der Waals surface area contributed by atoms with Crippen molar-refractivity contribution in [3.8, 4) is 5.75 Å². The van der Waals surface area contributed by atoms with Gasteiger partial charge in [-0.3, -0.25) is 4.79 Å². The van der Waals surface area contributed by atoms with Gasteiger partial charge in [-0.15, -0.1) is 0 Å². The highest BCUT2D eigenvalue weighted by Gasteiger charge is 2.36. The zero-order valence-electron chi connectivity index (χ0n) is 10.6. The molecule has 0 N–H and O–H groups in total. The third-order valence-electron chi connectivity index (χ3n) is 3.18. The lowest BCUT2D eigenvalue weighted by Gasteiger charge is -2.04. The molecule has 0 atom stereocenters. The van der Waals surface area contributed by atoms with Gasteiger partial charge in [-0.1, -0.05) is 22.0 Å². The van der Waals surface area contributed by atoms with Crippen LogP contribution in [0.5, 0.6) is 5.75 Å². The topological polar surface area (TPSA) is 52.4 Å². The van der Waals surface area contributed by atoms with E-state index in [0.29, 0.717) is 27.3 Å². The average molecular weight is 332 g/mol. The Bertz CT molecular complexity index is 753. The number of methoxy groups -OCH3 is 1. The highest BCUT2D eigenvalue weighted by Crippen LogP contribution is 2.31. The summed E-state index contributed by atoms with van der Waals surface area (Å²) in [6.07, 6.45) is 0. The van der Waals surface area contributed by atoms with Crippen molar-refractivity contribution in [3.05, 3.63) is 63.3 Å². The number of hydrogen-bond acceptors (Lipinski definition) is 3. The van der Waals surface area contributed by atoms with E-state index < -0.39 is 0 Å². The van der Waals surface area contributed by atoms with Crippen molar-refractivity contribution in [2.75, 3.05) is 7.11 Å². The number of fused-ring (bicyclic) bond motifs is 1. The summed E-state index contributed by atoms with van der Waals surface area (Å²) < 4.78 is 6.57. The number of Topliss-reactive ketones (excluding diaryl/α,β-unsaturated/α-hetero) is 1. The van der Waals surface area contributed by atoms with Gasteiger partial charge in [-0.05, 0) is 30.3 Å². The molecule has 0 aromatic heterocycles. The Kier molecular flexibility index (Phi) is 3.06. The van der Waals surface area contributed by atoms with Crippen LogP contribution in [0.1, 0.15) is 15.9 Å². The molecule has 0 amide bonds. The number of ether oxygens (including phenoxy) is 1. The number of benzene rings is 2. The summed E-state index contributed by atoms with van der Waals surface area (Å²) >= 11 is 3.31. The van der Waals surface area contributed by atoms with Crippen LogP contribution in [0, 0.1) is 5.21 Å². The number of rotatable bonds is 2. The SMILES string of the molecule is COc1cccc(C2=[N+]([O-])c3cc(Br)ccc3C2=O)c1. The van der Waals surface area contributed by atoms with Crippen LogP contribution in [0.15, 0.2) is 46.9 Å². The molecule has 3 rings (SSSR count). The van der Waals surface area contributed by atoms with Gasteiger partial charge < -0.3 is 9.94 Å². The molecule has 5 heteroatoms. The van der Waals surface area contributed by atoms with Gasteiger partial charge in [0.15, 0.2) is 0 Å². The molecule has 0 unspecified atom stereocenters. The molecule has 2 aromatic rings. The molecule has 20 heavy (non-hydrogen) atoms. The second-order valence-electron chi connectivity index (χ2n) is 4.37. The number of ketones is 1. The molecule has 1 heterocycles. The van der Waals surface area contributed by atoms with Crippen LogP contribution in [0.4, 0.5) is 5.69 Å². The van der Waals surface area contributed by atoms with Gasteiger partial charge in [0, 0.05) is 10.5 Å². The monoisotopic (exact) mass is 331 g/mol. The highest BCUT2D eigenvalue weighted by molar-refractivity contribution is 9.10. The fourth-order valence-electron chi connectivity index (χ4n) is 2.22. The molecular formula is C15H10BrNO3. The van der Waals surface area contributed by atoms with Crippen LogP contribution in [0.25, 0.3) is 0 Å². The van der Waals surface area contributed by atoms with Gasteiger partial charge in [0.1, 0.15) is 11.3 Å². The van der Waals surface area contributed by atoms with Gasteiger partial charge in [0.2, 0.25) is 5.69 Å². The van der Waals surface area contributed by atoms with Gasteiger partial charge in [0.05, 0.1) is 12.7 Å². The summed E-state index contributed by atoms with van der Waals surface area (Å²) in [6, 6.07) is 12.0. The summed E-state index contributed by atoms with van der Waals surface area (Å²) in [5, 5.41) is 12.4. The smallest absolute Gasteiger partial charge is 0.273 e. The Hall–Kier alpha value is -2.14. The fourth-order valence-corrected chi connectivity index (χ4v) is 2.57. The summed E-state index contributed by atoms with van der Waals surface area (Å²) in [5.74, 6) is 0.337. The molecule has 0 aliphatic carbocycles. The lowest BCUT2D eigenvalue weighted by atomic mass is 10.0. The van der Waals surface area contributed by atoms with Crippen molar-refractivity contribution in [2.45, 2.75) is 0 Å². The number of halogens is 1. The van der Waals surface area contributed by atoms with E-state index in [1.807, 2.05) is 0 Å². The zero-order valence-corrected chi connectivity index (χ0v) is 12.2. The molecule has 2 aromatic carbocycles. The molecular weight excluding hydrogens is 322 g/mol. The van der Waals surface area contributed by atoms with Gasteiger partial charge in [-0.25, -0.2) is 0 Å². The van der Waals surface area contributed by atoms with Crippen molar-refractivity contribution < 1.29 is 14.3 Å². The maximum atomic E-state index is 12.4. The summed E-state index contributed by atoms with van der Waals surface area (Å²) in [6.45, 7) is 0. The molecule has 0 radical (unpaired) electrons. The molecule has 0 saturated carbocycles. The first-order valence-corrected chi connectivity index (χ1v) is 6.74. The fraction of sp³-hybridized carbons (Fsp3) is 0.0667. The largest absolute Gasteiger partial charge is 0.618 e. The molecule has 0 bridgehead atoms. The Morgan fingerprint density at radius 1 is 1.20 bits per heavy atom. The van der Waals surface area contributed by atoms with Crippen molar-refractivity contribution in [3.63, 3.8) is 0 Å². The number of nitrogens with zero attached hydrogens (tertiary/aromatic N) is 1. The van der Waals surface area contributed by atoms with E-state index >= 15 is 0 Å². The first-order valence-electron chi connectivity index (χ1n) is 5.94. The van der Waals surface area contributed by atoms with Crippen LogP contribution in [-0.2, 0) is 0 Å². The van der Waals surface area contributed by atoms with Crippen LogP contribution in [0.3, 0.4) is 0 Å². The van der Waals surface area contributed by atoms with Crippen molar-refractivity contribution in [1.29, 1.82) is 0 Å². The lowest BCUT2D eigenvalue weighted by molar-refractivity contribution is -0.355. The number of hydrogen-bond donors (Lipinski definition) is 0. The van der Waals surface area contributed by atoms with E-state index in [-0.39, 0.29) is 11.5 Å². The van der Waals surface area contributed by atoms with Crippen LogP contribution >= 0.6 is 15.9 Å². The molecule has 0 saturated heterocycles. The average Bonchev–Trinajstić information content (AvgIpc) is 2.70. The van der Waals surface area contributed by atoms with E-state index in [2.05, 4.69) is 15.9 Å². The van der Waals surface area contributed by atoms with E-state index in [4.69, 9.17) is 4.74 Å². The quantitative estimate of drug-likeness (QED) is 0.626. The molecule has 1 aliphatic rings. The molecule has 100 valence electrons. The predicted molar refractivity (Wildman–Crippen MR) is 78.9 cm³/mol. The van der Waals surface area contributed by atoms with E-state index in [0.717, 1.165) is 4.47 Å². The maximum Gasteiger partial charge on any atom is 0.273 e. The molecule has 0 fully saturated rings. The maximum absolute atomic E-state index is 12.4. The Morgan fingerprint density at radius 2 is 2.00 bits per heavy atom.